The highest BCUT2D eigenvalue weighted by Gasteiger charge is 2.37. The number of nitrogens with one attached hydrogen (secondary N) is 1. The molecule has 6 nitrogen and oxygen atoms in total. The molecule has 1 aliphatic rings. The van der Waals surface area contributed by atoms with Crippen molar-refractivity contribution in [2.45, 2.75) is 44.4 Å². The molecule has 1 unspecified atom stereocenters. The fraction of sp³-hybridized carbons (Fsp3) is 0.714. The number of carbonyl (C=O) groups is 1. The van der Waals surface area contributed by atoms with Crippen molar-refractivity contribution in [2.75, 3.05) is 13.2 Å². The van der Waals surface area contributed by atoms with Crippen molar-refractivity contribution in [3.05, 3.63) is 17.5 Å². The van der Waals surface area contributed by atoms with Gasteiger partial charge in [-0.15, -0.1) is 0 Å². The van der Waals surface area contributed by atoms with Gasteiger partial charge in [0.15, 0.2) is 5.69 Å². The molecule has 9 heteroatoms. The number of carbonyl (C=O) groups excluding carboxylic acids is 1. The Bertz CT molecular complexity index is 543. The Hall–Kier alpha value is -1.77. The first kappa shape index (κ1) is 17.6. The number of alkyl halides is 3. The number of likely N-dealkylation sites (tertiary alicyclic amines) is 1. The minimum Gasteiger partial charge on any atom is -0.396 e. The van der Waals surface area contributed by atoms with Crippen molar-refractivity contribution >= 4 is 6.03 Å². The number of aromatic nitrogens is 2. The van der Waals surface area contributed by atoms with E-state index in [0.29, 0.717) is 13.0 Å². The summed E-state index contributed by atoms with van der Waals surface area (Å²) in [5.41, 5.74) is -1.05. The monoisotopic (exact) mass is 334 g/mol. The molecule has 1 aromatic heterocycles. The van der Waals surface area contributed by atoms with Gasteiger partial charge in [0.2, 0.25) is 0 Å². The summed E-state index contributed by atoms with van der Waals surface area (Å²) in [5.74, 6) is 0. The molecular formula is C14H21F3N4O2. The van der Waals surface area contributed by atoms with Crippen LogP contribution in [0, 0.1) is 0 Å². The third kappa shape index (κ3) is 4.37. The summed E-state index contributed by atoms with van der Waals surface area (Å²) in [6.07, 6.45) is -0.176. The Labute approximate surface area is 132 Å². The maximum absolute atomic E-state index is 12.9. The molecule has 1 atom stereocenters. The second-order valence-corrected chi connectivity index (χ2v) is 5.69. The van der Waals surface area contributed by atoms with E-state index in [1.807, 2.05) is 0 Å². The second kappa shape index (κ2) is 7.20. The van der Waals surface area contributed by atoms with Crippen LogP contribution in [0.5, 0.6) is 0 Å². The Morgan fingerprint density at radius 2 is 2.22 bits per heavy atom. The van der Waals surface area contributed by atoms with E-state index in [4.69, 9.17) is 5.11 Å². The molecule has 1 aliphatic heterocycles. The van der Waals surface area contributed by atoms with E-state index in [0.717, 1.165) is 23.9 Å². The molecule has 2 heterocycles. The van der Waals surface area contributed by atoms with Gasteiger partial charge in [-0.1, -0.05) is 0 Å². The van der Waals surface area contributed by atoms with Crippen LogP contribution in [-0.4, -0.2) is 45.0 Å². The van der Waals surface area contributed by atoms with E-state index in [1.54, 1.807) is 4.90 Å². The first-order valence-electron chi connectivity index (χ1n) is 7.58. The molecular weight excluding hydrogens is 313 g/mol. The number of rotatable bonds is 4. The highest BCUT2D eigenvalue weighted by Crippen LogP contribution is 2.30. The molecule has 23 heavy (non-hydrogen) atoms. The smallest absolute Gasteiger partial charge is 0.396 e. The highest BCUT2D eigenvalue weighted by molar-refractivity contribution is 5.74. The SMILES string of the molecule is Cn1cc(CNC(=O)N2CCCCC2CCO)c(C(F)(F)F)n1. The van der Waals surface area contributed by atoms with Crippen LogP contribution in [0.2, 0.25) is 0 Å². The first-order valence-corrected chi connectivity index (χ1v) is 7.58. The number of aryl methyl sites for hydroxylation is 1. The van der Waals surface area contributed by atoms with Crippen molar-refractivity contribution in [1.82, 2.24) is 20.0 Å². The normalized spacial score (nSPS) is 19.0. The van der Waals surface area contributed by atoms with Gasteiger partial charge >= 0.3 is 12.2 Å². The zero-order chi connectivity index (χ0) is 17.0. The summed E-state index contributed by atoms with van der Waals surface area (Å²) < 4.78 is 39.7. The van der Waals surface area contributed by atoms with Crippen LogP contribution in [0.15, 0.2) is 6.20 Å². The van der Waals surface area contributed by atoms with Gasteiger partial charge in [0.25, 0.3) is 0 Å². The van der Waals surface area contributed by atoms with Crippen LogP contribution in [0.4, 0.5) is 18.0 Å². The van der Waals surface area contributed by atoms with Gasteiger partial charge in [-0.05, 0) is 25.7 Å². The average molecular weight is 334 g/mol. The highest BCUT2D eigenvalue weighted by atomic mass is 19.4. The molecule has 1 saturated heterocycles. The van der Waals surface area contributed by atoms with Crippen LogP contribution in [0.25, 0.3) is 0 Å². The van der Waals surface area contributed by atoms with Crippen LogP contribution in [0.1, 0.15) is 36.9 Å². The molecule has 2 amide bonds. The predicted octanol–water partition coefficient (Wildman–Crippen LogP) is 1.89. The molecule has 1 aromatic rings. The lowest BCUT2D eigenvalue weighted by Crippen LogP contribution is -2.48. The summed E-state index contributed by atoms with van der Waals surface area (Å²) in [7, 11) is 1.41. The maximum Gasteiger partial charge on any atom is 0.435 e. The average Bonchev–Trinajstić information content (AvgIpc) is 2.87. The van der Waals surface area contributed by atoms with E-state index in [9.17, 15) is 18.0 Å². The zero-order valence-corrected chi connectivity index (χ0v) is 12.9. The minimum atomic E-state index is -4.55. The van der Waals surface area contributed by atoms with E-state index in [1.165, 1.54) is 13.2 Å². The van der Waals surface area contributed by atoms with Crippen molar-refractivity contribution in [1.29, 1.82) is 0 Å². The van der Waals surface area contributed by atoms with Crippen LogP contribution >= 0.6 is 0 Å². The van der Waals surface area contributed by atoms with Crippen LogP contribution < -0.4 is 5.32 Å². The molecule has 1 fully saturated rings. The molecule has 0 aliphatic carbocycles. The minimum absolute atomic E-state index is 0.0186. The lowest BCUT2D eigenvalue weighted by molar-refractivity contribution is -0.142. The summed E-state index contributed by atoms with van der Waals surface area (Å²) in [5, 5.41) is 15.0. The molecule has 0 saturated carbocycles. The molecule has 0 aromatic carbocycles. The van der Waals surface area contributed by atoms with Crippen molar-refractivity contribution in [2.24, 2.45) is 7.05 Å². The fourth-order valence-corrected chi connectivity index (χ4v) is 2.90. The van der Waals surface area contributed by atoms with Crippen molar-refractivity contribution < 1.29 is 23.1 Å². The number of hydrogen-bond donors (Lipinski definition) is 2. The Kier molecular flexibility index (Phi) is 5.51. The summed E-state index contributed by atoms with van der Waals surface area (Å²) in [6.45, 7) is 0.300. The Balaban J connectivity index is 2.01. The molecule has 0 radical (unpaired) electrons. The van der Waals surface area contributed by atoms with E-state index in [-0.39, 0.29) is 24.8 Å². The number of aliphatic hydroxyl groups is 1. The number of halogens is 3. The second-order valence-electron chi connectivity index (χ2n) is 5.69. The Morgan fingerprint density at radius 1 is 1.48 bits per heavy atom. The molecule has 2 rings (SSSR count). The lowest BCUT2D eigenvalue weighted by atomic mass is 10.0. The van der Waals surface area contributed by atoms with Crippen molar-refractivity contribution in [3.8, 4) is 0 Å². The standard InChI is InChI=1S/C14H21F3N4O2/c1-20-9-10(12(19-20)14(15,16)17)8-18-13(23)21-6-3-2-4-11(21)5-7-22/h9,11,22H,2-8H2,1H3,(H,18,23). The van der Waals surface area contributed by atoms with Gasteiger partial charge in [0.05, 0.1) is 0 Å². The summed E-state index contributed by atoms with van der Waals surface area (Å²) >= 11 is 0. The third-order valence-electron chi connectivity index (χ3n) is 3.95. The van der Waals surface area contributed by atoms with Crippen molar-refractivity contribution in [3.63, 3.8) is 0 Å². The van der Waals surface area contributed by atoms with Gasteiger partial charge in [0, 0.05) is 44.5 Å². The summed E-state index contributed by atoms with van der Waals surface area (Å²) in [6, 6.07) is -0.468. The Morgan fingerprint density at radius 3 is 2.87 bits per heavy atom. The number of amides is 2. The molecule has 0 bridgehead atoms. The number of hydrogen-bond acceptors (Lipinski definition) is 3. The van der Waals surface area contributed by atoms with Gasteiger partial charge in [-0.2, -0.15) is 18.3 Å². The predicted molar refractivity (Wildman–Crippen MR) is 76.5 cm³/mol. The van der Waals surface area contributed by atoms with Gasteiger partial charge in [-0.3, -0.25) is 4.68 Å². The maximum atomic E-state index is 12.9. The van der Waals surface area contributed by atoms with E-state index >= 15 is 0 Å². The molecule has 0 spiro atoms. The summed E-state index contributed by atoms with van der Waals surface area (Å²) in [4.78, 5) is 13.8. The first-order chi connectivity index (χ1) is 10.8. The zero-order valence-electron chi connectivity index (χ0n) is 12.9. The molecule has 2 N–H and O–H groups in total. The van der Waals surface area contributed by atoms with Crippen LogP contribution in [-0.2, 0) is 19.8 Å². The fourth-order valence-electron chi connectivity index (χ4n) is 2.90. The quantitative estimate of drug-likeness (QED) is 0.883. The third-order valence-corrected chi connectivity index (χ3v) is 3.95. The number of nitrogens with zero attached hydrogens (tertiary/aromatic N) is 3. The number of urea groups is 1. The van der Waals surface area contributed by atoms with Gasteiger partial charge in [-0.25, -0.2) is 4.79 Å². The van der Waals surface area contributed by atoms with E-state index < -0.39 is 17.9 Å². The topological polar surface area (TPSA) is 70.4 Å². The molecule has 130 valence electrons. The largest absolute Gasteiger partial charge is 0.435 e. The number of aliphatic hydroxyl groups excluding tert-OH is 1. The van der Waals surface area contributed by atoms with E-state index in [2.05, 4.69) is 10.4 Å². The number of piperidine rings is 1. The van der Waals surface area contributed by atoms with Crippen LogP contribution in [0.3, 0.4) is 0 Å². The van der Waals surface area contributed by atoms with Gasteiger partial charge < -0.3 is 15.3 Å². The van der Waals surface area contributed by atoms with Gasteiger partial charge in [0.1, 0.15) is 0 Å². The lowest BCUT2D eigenvalue weighted by Gasteiger charge is -2.35.